The maximum Gasteiger partial charge on any atom is 0.247 e. The maximum atomic E-state index is 12.3. The van der Waals surface area contributed by atoms with Crippen LogP contribution in [0.4, 0.5) is 0 Å². The summed E-state index contributed by atoms with van der Waals surface area (Å²) in [5, 5.41) is 0. The Balaban J connectivity index is 2.25. The highest BCUT2D eigenvalue weighted by Crippen LogP contribution is 2.17. The van der Waals surface area contributed by atoms with Crippen LogP contribution in [0.15, 0.2) is 56.8 Å². The molecule has 0 saturated carbocycles. The molecule has 0 amide bonds. The summed E-state index contributed by atoms with van der Waals surface area (Å²) in [5.74, 6) is 0. The highest BCUT2D eigenvalue weighted by molar-refractivity contribution is 9.10. The first kappa shape index (κ1) is 15.0. The molecule has 1 heterocycles. The van der Waals surface area contributed by atoms with E-state index < -0.39 is 10.0 Å². The molecule has 1 aromatic carbocycles. The van der Waals surface area contributed by atoms with Crippen LogP contribution in [0.3, 0.4) is 0 Å². The largest absolute Gasteiger partial charge is 0.328 e. The first-order valence-electron chi connectivity index (χ1n) is 5.79. The number of nitrogens with zero attached hydrogens (tertiary/aromatic N) is 1. The second kappa shape index (κ2) is 5.90. The molecule has 0 atom stereocenters. The molecule has 0 saturated heterocycles. The van der Waals surface area contributed by atoms with Crippen LogP contribution in [0.5, 0.6) is 0 Å². The summed E-state index contributed by atoms with van der Waals surface area (Å²) in [6.45, 7) is 0.251. The molecule has 0 radical (unpaired) electrons. The minimum absolute atomic E-state index is 0.0644. The van der Waals surface area contributed by atoms with Gasteiger partial charge in [-0.2, -0.15) is 4.31 Å². The van der Waals surface area contributed by atoms with Crippen molar-refractivity contribution in [2.24, 2.45) is 0 Å². The summed E-state index contributed by atoms with van der Waals surface area (Å²) in [6, 6.07) is 9.92. The fourth-order valence-electron chi connectivity index (χ4n) is 1.71. The van der Waals surface area contributed by atoms with Crippen LogP contribution in [-0.4, -0.2) is 24.8 Å². The molecule has 0 aliphatic rings. The Bertz CT molecular complexity index is 751. The number of H-pyrrole nitrogens is 1. The number of hydrogen-bond donors (Lipinski definition) is 1. The molecular formula is C13H13BrN2O3S. The monoisotopic (exact) mass is 356 g/mol. The van der Waals surface area contributed by atoms with Gasteiger partial charge in [0.15, 0.2) is 0 Å². The van der Waals surface area contributed by atoms with Crippen molar-refractivity contribution in [3.63, 3.8) is 0 Å². The van der Waals surface area contributed by atoms with Crippen molar-refractivity contribution in [2.45, 2.75) is 11.4 Å². The van der Waals surface area contributed by atoms with Crippen LogP contribution < -0.4 is 5.56 Å². The predicted molar refractivity (Wildman–Crippen MR) is 79.9 cm³/mol. The molecule has 0 aliphatic heterocycles. The van der Waals surface area contributed by atoms with Gasteiger partial charge in [0, 0.05) is 30.3 Å². The molecule has 2 rings (SSSR count). The number of sulfonamides is 1. The lowest BCUT2D eigenvalue weighted by molar-refractivity contribution is 0.466. The zero-order chi connectivity index (χ0) is 14.8. The van der Waals surface area contributed by atoms with E-state index in [1.54, 1.807) is 0 Å². The molecule has 0 bridgehead atoms. The molecule has 7 heteroatoms. The molecule has 0 spiro atoms. The van der Waals surface area contributed by atoms with Crippen LogP contribution in [0.2, 0.25) is 0 Å². The molecule has 20 heavy (non-hydrogen) atoms. The number of nitrogens with one attached hydrogen (secondary N) is 1. The molecular weight excluding hydrogens is 344 g/mol. The van der Waals surface area contributed by atoms with Gasteiger partial charge in [-0.3, -0.25) is 4.79 Å². The van der Waals surface area contributed by atoms with Gasteiger partial charge < -0.3 is 4.98 Å². The first-order chi connectivity index (χ1) is 9.39. The van der Waals surface area contributed by atoms with E-state index in [9.17, 15) is 13.2 Å². The smallest absolute Gasteiger partial charge is 0.247 e. The number of aromatic amines is 1. The first-order valence-corrected chi connectivity index (χ1v) is 8.02. The van der Waals surface area contributed by atoms with E-state index in [0.717, 1.165) is 10.0 Å². The van der Waals surface area contributed by atoms with Crippen molar-refractivity contribution < 1.29 is 8.42 Å². The van der Waals surface area contributed by atoms with Crippen molar-refractivity contribution >= 4 is 26.0 Å². The van der Waals surface area contributed by atoms with E-state index in [1.165, 1.54) is 29.7 Å². The molecule has 5 nitrogen and oxygen atoms in total. The highest BCUT2D eigenvalue weighted by Gasteiger charge is 2.20. The second-order valence-corrected chi connectivity index (χ2v) is 7.24. The van der Waals surface area contributed by atoms with E-state index in [1.807, 2.05) is 24.3 Å². The highest BCUT2D eigenvalue weighted by atomic mass is 79.9. The van der Waals surface area contributed by atoms with Crippen LogP contribution in [0, 0.1) is 0 Å². The van der Waals surface area contributed by atoms with Gasteiger partial charge in [0.05, 0.1) is 4.90 Å². The average molecular weight is 357 g/mol. The Morgan fingerprint density at radius 2 is 2.00 bits per heavy atom. The van der Waals surface area contributed by atoms with Crippen molar-refractivity contribution in [2.75, 3.05) is 7.05 Å². The fraction of sp³-hybridized carbons (Fsp3) is 0.154. The van der Waals surface area contributed by atoms with Gasteiger partial charge >= 0.3 is 0 Å². The van der Waals surface area contributed by atoms with Gasteiger partial charge in [-0.15, -0.1) is 0 Å². The van der Waals surface area contributed by atoms with Crippen LogP contribution in [-0.2, 0) is 16.6 Å². The lowest BCUT2D eigenvalue weighted by Crippen LogP contribution is -2.27. The zero-order valence-corrected chi connectivity index (χ0v) is 13.1. The second-order valence-electron chi connectivity index (χ2n) is 4.28. The molecule has 1 aromatic heterocycles. The van der Waals surface area contributed by atoms with Crippen LogP contribution in [0.25, 0.3) is 0 Å². The van der Waals surface area contributed by atoms with Gasteiger partial charge in [0.1, 0.15) is 0 Å². The zero-order valence-electron chi connectivity index (χ0n) is 10.7. The third-order valence-corrected chi connectivity index (χ3v) is 5.05. The van der Waals surface area contributed by atoms with Gasteiger partial charge in [-0.25, -0.2) is 8.42 Å². The Morgan fingerprint density at radius 1 is 1.25 bits per heavy atom. The third kappa shape index (κ3) is 3.36. The van der Waals surface area contributed by atoms with Crippen molar-refractivity contribution in [1.29, 1.82) is 0 Å². The summed E-state index contributed by atoms with van der Waals surface area (Å²) < 4.78 is 26.8. The van der Waals surface area contributed by atoms with E-state index in [-0.39, 0.29) is 17.0 Å². The molecule has 0 fully saturated rings. The number of hydrogen-bond acceptors (Lipinski definition) is 3. The fourth-order valence-corrected chi connectivity index (χ4v) is 3.29. The maximum absolute atomic E-state index is 12.3. The third-order valence-electron chi connectivity index (χ3n) is 2.76. The summed E-state index contributed by atoms with van der Waals surface area (Å²) in [5.41, 5.74) is 0.536. The van der Waals surface area contributed by atoms with Crippen LogP contribution in [0.1, 0.15) is 5.56 Å². The molecule has 1 N–H and O–H groups in total. The van der Waals surface area contributed by atoms with Crippen molar-refractivity contribution in [3.05, 3.63) is 63.0 Å². The van der Waals surface area contributed by atoms with Crippen molar-refractivity contribution in [3.8, 4) is 0 Å². The van der Waals surface area contributed by atoms with E-state index in [4.69, 9.17) is 0 Å². The molecule has 2 aromatic rings. The van der Waals surface area contributed by atoms with E-state index >= 15 is 0 Å². The topological polar surface area (TPSA) is 70.2 Å². The van der Waals surface area contributed by atoms with Gasteiger partial charge in [0.25, 0.3) is 0 Å². The minimum Gasteiger partial charge on any atom is -0.328 e. The van der Waals surface area contributed by atoms with Crippen molar-refractivity contribution in [1.82, 2.24) is 9.29 Å². The summed E-state index contributed by atoms with van der Waals surface area (Å²) >= 11 is 3.35. The number of pyridine rings is 1. The summed E-state index contributed by atoms with van der Waals surface area (Å²) in [7, 11) is -2.12. The van der Waals surface area contributed by atoms with Gasteiger partial charge in [0.2, 0.25) is 15.6 Å². The lowest BCUT2D eigenvalue weighted by atomic mass is 10.2. The SMILES string of the molecule is CN(Cc1cccc(Br)c1)S(=O)(=O)c1ccc(=O)[nH]c1. The Hall–Kier alpha value is -1.44. The summed E-state index contributed by atoms with van der Waals surface area (Å²) in [6.07, 6.45) is 1.20. The number of rotatable bonds is 4. The van der Waals surface area contributed by atoms with Crippen LogP contribution >= 0.6 is 15.9 Å². The van der Waals surface area contributed by atoms with Gasteiger partial charge in [-0.1, -0.05) is 28.1 Å². The number of aromatic nitrogens is 1. The predicted octanol–water partition coefficient (Wildman–Crippen LogP) is 1.96. The number of benzene rings is 1. The quantitative estimate of drug-likeness (QED) is 0.910. The Kier molecular flexibility index (Phi) is 4.42. The summed E-state index contributed by atoms with van der Waals surface area (Å²) in [4.78, 5) is 13.4. The molecule has 0 unspecified atom stereocenters. The Labute approximate surface area is 125 Å². The Morgan fingerprint density at radius 3 is 2.60 bits per heavy atom. The lowest BCUT2D eigenvalue weighted by Gasteiger charge is -2.17. The molecule has 0 aliphatic carbocycles. The van der Waals surface area contributed by atoms with Gasteiger partial charge in [-0.05, 0) is 23.8 Å². The van der Waals surface area contributed by atoms with E-state index in [0.29, 0.717) is 0 Å². The number of halogens is 1. The minimum atomic E-state index is -3.62. The normalized spacial score (nSPS) is 11.8. The average Bonchev–Trinajstić information content (AvgIpc) is 2.39. The standard InChI is InChI=1S/C13H13BrN2O3S/c1-16(9-10-3-2-4-11(14)7-10)20(18,19)12-5-6-13(17)15-8-12/h2-8H,9H2,1H3,(H,15,17). The van der Waals surface area contributed by atoms with E-state index in [2.05, 4.69) is 20.9 Å². The molecule has 106 valence electrons.